The summed E-state index contributed by atoms with van der Waals surface area (Å²) >= 11 is 0. The van der Waals surface area contributed by atoms with Crippen LogP contribution in [0.2, 0.25) is 0 Å². The minimum atomic E-state index is -2.19. The number of hydrogen-bond donors (Lipinski definition) is 1. The van der Waals surface area contributed by atoms with Gasteiger partial charge < -0.3 is 10.5 Å². The van der Waals surface area contributed by atoms with Crippen LogP contribution in [0.1, 0.15) is 11.1 Å². The van der Waals surface area contributed by atoms with Gasteiger partial charge in [-0.05, 0) is 17.7 Å². The van der Waals surface area contributed by atoms with Gasteiger partial charge in [-0.15, -0.1) is 0 Å². The quantitative estimate of drug-likeness (QED) is 0.533. The first-order valence-corrected chi connectivity index (χ1v) is 5.87. The van der Waals surface area contributed by atoms with Crippen molar-refractivity contribution in [2.24, 2.45) is 5.73 Å². The third-order valence-corrected chi connectivity index (χ3v) is 2.84. The summed E-state index contributed by atoms with van der Waals surface area (Å²) in [7, 11) is 0. The summed E-state index contributed by atoms with van der Waals surface area (Å²) in [5.74, 6) is -9.76. The van der Waals surface area contributed by atoms with E-state index in [0.717, 1.165) is 5.56 Å². The predicted octanol–water partition coefficient (Wildman–Crippen LogP) is 3.42. The lowest BCUT2D eigenvalue weighted by molar-refractivity contribution is 0.279. The Morgan fingerprint density at radius 1 is 0.762 bits per heavy atom. The monoisotopic (exact) mass is 303 g/mol. The molecule has 0 amide bonds. The van der Waals surface area contributed by atoms with E-state index in [1.54, 1.807) is 12.1 Å². The Balaban J connectivity index is 2.23. The molecule has 0 saturated heterocycles. The van der Waals surface area contributed by atoms with Crippen molar-refractivity contribution in [3.05, 3.63) is 64.5 Å². The third kappa shape index (κ3) is 2.97. The Bertz CT molecular complexity index is 628. The van der Waals surface area contributed by atoms with Crippen molar-refractivity contribution < 1.29 is 26.7 Å². The molecule has 0 spiro atoms. The van der Waals surface area contributed by atoms with E-state index in [0.29, 0.717) is 6.54 Å². The van der Waals surface area contributed by atoms with Crippen LogP contribution < -0.4 is 10.5 Å². The first-order valence-electron chi connectivity index (χ1n) is 5.87. The molecule has 0 atom stereocenters. The summed E-state index contributed by atoms with van der Waals surface area (Å²) in [6.07, 6.45) is 0. The van der Waals surface area contributed by atoms with Gasteiger partial charge in [0, 0.05) is 6.54 Å². The summed E-state index contributed by atoms with van der Waals surface area (Å²) in [4.78, 5) is 0. The molecule has 21 heavy (non-hydrogen) atoms. The van der Waals surface area contributed by atoms with Crippen molar-refractivity contribution in [2.45, 2.75) is 13.2 Å². The molecule has 0 aliphatic heterocycles. The zero-order valence-electron chi connectivity index (χ0n) is 10.6. The Morgan fingerprint density at radius 2 is 1.24 bits per heavy atom. The zero-order chi connectivity index (χ0) is 15.6. The maximum Gasteiger partial charge on any atom is 0.200 e. The van der Waals surface area contributed by atoms with Crippen molar-refractivity contribution in [3.8, 4) is 5.75 Å². The van der Waals surface area contributed by atoms with Crippen LogP contribution in [-0.2, 0) is 13.2 Å². The molecule has 2 nitrogen and oxygen atoms in total. The van der Waals surface area contributed by atoms with E-state index in [9.17, 15) is 22.0 Å². The van der Waals surface area contributed by atoms with Crippen molar-refractivity contribution in [1.29, 1.82) is 0 Å². The van der Waals surface area contributed by atoms with Gasteiger partial charge >= 0.3 is 0 Å². The van der Waals surface area contributed by atoms with Gasteiger partial charge in [-0.25, -0.2) is 22.0 Å². The van der Waals surface area contributed by atoms with Crippen LogP contribution in [0.15, 0.2) is 24.3 Å². The Morgan fingerprint density at radius 3 is 1.71 bits per heavy atom. The molecule has 2 aromatic carbocycles. The van der Waals surface area contributed by atoms with Gasteiger partial charge in [0.1, 0.15) is 12.4 Å². The number of nitrogens with two attached hydrogens (primary N) is 1. The number of halogens is 5. The third-order valence-electron chi connectivity index (χ3n) is 2.84. The normalized spacial score (nSPS) is 10.8. The smallest absolute Gasteiger partial charge is 0.200 e. The van der Waals surface area contributed by atoms with Gasteiger partial charge in [0.2, 0.25) is 5.82 Å². The zero-order valence-corrected chi connectivity index (χ0v) is 10.6. The molecule has 0 fully saturated rings. The van der Waals surface area contributed by atoms with Crippen LogP contribution in [0.25, 0.3) is 0 Å². The van der Waals surface area contributed by atoms with Crippen LogP contribution in [0.5, 0.6) is 5.75 Å². The molecular weight excluding hydrogens is 293 g/mol. The highest BCUT2D eigenvalue weighted by molar-refractivity contribution is 5.28. The van der Waals surface area contributed by atoms with Crippen molar-refractivity contribution in [1.82, 2.24) is 0 Å². The molecule has 0 radical (unpaired) electrons. The molecule has 0 aromatic heterocycles. The van der Waals surface area contributed by atoms with Gasteiger partial charge in [0.25, 0.3) is 0 Å². The first kappa shape index (κ1) is 15.2. The molecule has 0 saturated carbocycles. The van der Waals surface area contributed by atoms with Gasteiger partial charge in [-0.3, -0.25) is 0 Å². The highest BCUT2D eigenvalue weighted by Crippen LogP contribution is 2.24. The van der Waals surface area contributed by atoms with E-state index < -0.39 is 41.3 Å². The number of ether oxygens (including phenoxy) is 1. The molecule has 2 rings (SSSR count). The summed E-state index contributed by atoms with van der Waals surface area (Å²) in [6.45, 7) is -0.480. The summed E-state index contributed by atoms with van der Waals surface area (Å²) in [5.41, 5.74) is 5.18. The van der Waals surface area contributed by atoms with Crippen LogP contribution in [0.4, 0.5) is 22.0 Å². The van der Waals surface area contributed by atoms with Gasteiger partial charge in [0.05, 0.1) is 5.56 Å². The second-order valence-corrected chi connectivity index (χ2v) is 4.19. The molecule has 2 aromatic rings. The molecule has 2 N–H and O–H groups in total. The second-order valence-electron chi connectivity index (χ2n) is 4.19. The number of benzene rings is 2. The molecular formula is C14H10F5NO. The number of rotatable bonds is 4. The van der Waals surface area contributed by atoms with E-state index in [-0.39, 0.29) is 5.75 Å². The average molecular weight is 303 g/mol. The average Bonchev–Trinajstić information content (AvgIpc) is 2.51. The van der Waals surface area contributed by atoms with E-state index in [4.69, 9.17) is 10.5 Å². The summed E-state index contributed by atoms with van der Waals surface area (Å²) in [5, 5.41) is 0. The van der Waals surface area contributed by atoms with Crippen molar-refractivity contribution >= 4 is 0 Å². The Hall–Kier alpha value is -2.15. The Labute approximate surface area is 116 Å². The van der Waals surface area contributed by atoms with Crippen molar-refractivity contribution in [2.75, 3.05) is 0 Å². The molecule has 0 bridgehead atoms. The lowest BCUT2D eigenvalue weighted by Crippen LogP contribution is -2.09. The van der Waals surface area contributed by atoms with Gasteiger partial charge in [0.15, 0.2) is 23.3 Å². The second kappa shape index (κ2) is 6.09. The summed E-state index contributed by atoms with van der Waals surface area (Å²) in [6, 6.07) is 6.20. The van der Waals surface area contributed by atoms with E-state index in [1.165, 1.54) is 12.1 Å². The highest BCUT2D eigenvalue weighted by Gasteiger charge is 2.25. The lowest BCUT2D eigenvalue weighted by Gasteiger charge is -2.10. The van der Waals surface area contributed by atoms with Crippen LogP contribution >= 0.6 is 0 Å². The van der Waals surface area contributed by atoms with Gasteiger partial charge in [-0.1, -0.05) is 12.1 Å². The fraction of sp³-hybridized carbons (Fsp3) is 0.143. The highest BCUT2D eigenvalue weighted by atomic mass is 19.2. The molecule has 112 valence electrons. The minimum absolute atomic E-state index is 0.219. The predicted molar refractivity (Wildman–Crippen MR) is 64.9 cm³/mol. The SMILES string of the molecule is NCc1ccc(OCc2c(F)c(F)c(F)c(F)c2F)cc1. The standard InChI is InChI=1S/C14H10F5NO/c15-10-9(11(16)13(18)14(19)12(10)17)6-21-8-3-1-7(5-20)2-4-8/h1-4H,5-6,20H2. The number of hydrogen-bond acceptors (Lipinski definition) is 2. The topological polar surface area (TPSA) is 35.2 Å². The van der Waals surface area contributed by atoms with E-state index in [2.05, 4.69) is 0 Å². The molecule has 0 heterocycles. The minimum Gasteiger partial charge on any atom is -0.489 e. The summed E-state index contributed by atoms with van der Waals surface area (Å²) < 4.78 is 70.7. The van der Waals surface area contributed by atoms with E-state index >= 15 is 0 Å². The molecule has 0 aliphatic rings. The van der Waals surface area contributed by atoms with Crippen molar-refractivity contribution in [3.63, 3.8) is 0 Å². The first-order chi connectivity index (χ1) is 9.95. The van der Waals surface area contributed by atoms with Gasteiger partial charge in [-0.2, -0.15) is 0 Å². The van der Waals surface area contributed by atoms with Crippen LogP contribution in [0.3, 0.4) is 0 Å². The molecule has 7 heteroatoms. The lowest BCUT2D eigenvalue weighted by atomic mass is 10.2. The van der Waals surface area contributed by atoms with Crippen LogP contribution in [-0.4, -0.2) is 0 Å². The van der Waals surface area contributed by atoms with E-state index in [1.807, 2.05) is 0 Å². The maximum absolute atomic E-state index is 13.4. The fourth-order valence-electron chi connectivity index (χ4n) is 1.65. The van der Waals surface area contributed by atoms with Crippen LogP contribution in [0, 0.1) is 29.1 Å². The molecule has 0 aliphatic carbocycles. The molecule has 0 unspecified atom stereocenters. The fourth-order valence-corrected chi connectivity index (χ4v) is 1.65. The Kier molecular flexibility index (Phi) is 4.42. The maximum atomic E-state index is 13.4. The largest absolute Gasteiger partial charge is 0.489 e.